The summed E-state index contributed by atoms with van der Waals surface area (Å²) in [5.41, 5.74) is 1.75. The molecule has 1 N–H and O–H groups in total. The van der Waals surface area contributed by atoms with Crippen LogP contribution >= 0.6 is 0 Å². The summed E-state index contributed by atoms with van der Waals surface area (Å²) in [6.07, 6.45) is 2.68. The Morgan fingerprint density at radius 3 is 2.68 bits per heavy atom. The Morgan fingerprint density at radius 2 is 1.96 bits per heavy atom. The van der Waals surface area contributed by atoms with Crippen molar-refractivity contribution in [3.63, 3.8) is 0 Å². The molecule has 3 fully saturated rings. The molecule has 2 aliphatic heterocycles. The number of methoxy groups -OCH3 is 1. The number of likely N-dealkylation sites (tertiary alicyclic amines) is 1. The number of amides is 2. The van der Waals surface area contributed by atoms with Gasteiger partial charge in [-0.15, -0.1) is 0 Å². The molecule has 1 aromatic carbocycles. The van der Waals surface area contributed by atoms with Crippen LogP contribution in [-0.4, -0.2) is 62.3 Å². The maximum absolute atomic E-state index is 12.8. The van der Waals surface area contributed by atoms with Crippen LogP contribution in [0.1, 0.15) is 35.2 Å². The van der Waals surface area contributed by atoms with E-state index in [0.29, 0.717) is 25.6 Å². The van der Waals surface area contributed by atoms with E-state index in [1.54, 1.807) is 7.11 Å². The number of piperidine rings is 1. The van der Waals surface area contributed by atoms with Gasteiger partial charge in [0.1, 0.15) is 0 Å². The van der Waals surface area contributed by atoms with Crippen LogP contribution in [0.25, 0.3) is 0 Å². The van der Waals surface area contributed by atoms with Crippen LogP contribution in [0.15, 0.2) is 24.3 Å². The van der Waals surface area contributed by atoms with E-state index in [0.717, 1.165) is 37.0 Å². The number of nitrogens with zero attached hydrogens (tertiary/aromatic N) is 1. The molecule has 0 bridgehead atoms. The van der Waals surface area contributed by atoms with E-state index in [9.17, 15) is 9.59 Å². The molecule has 3 aliphatic rings. The van der Waals surface area contributed by atoms with E-state index < -0.39 is 0 Å². The number of ether oxygens (including phenoxy) is 2. The number of aryl methyl sites for hydroxylation is 1. The van der Waals surface area contributed by atoms with E-state index in [4.69, 9.17) is 9.47 Å². The summed E-state index contributed by atoms with van der Waals surface area (Å²) < 4.78 is 11.1. The first-order valence-electron chi connectivity index (χ1n) is 10.4. The summed E-state index contributed by atoms with van der Waals surface area (Å²) in [6.45, 7) is 4.62. The van der Waals surface area contributed by atoms with E-state index in [1.807, 2.05) is 36.1 Å². The van der Waals surface area contributed by atoms with Crippen LogP contribution in [0.4, 0.5) is 0 Å². The summed E-state index contributed by atoms with van der Waals surface area (Å²) in [5, 5.41) is 3.27. The van der Waals surface area contributed by atoms with Crippen molar-refractivity contribution < 1.29 is 19.1 Å². The average Bonchev–Trinajstić information content (AvgIpc) is 3.14. The number of benzene rings is 1. The molecule has 1 aliphatic carbocycles. The zero-order valence-corrected chi connectivity index (χ0v) is 16.7. The normalized spacial score (nSPS) is 29.9. The topological polar surface area (TPSA) is 67.9 Å². The number of carbonyl (C=O) groups is 2. The lowest BCUT2D eigenvalue weighted by Crippen LogP contribution is -2.63. The van der Waals surface area contributed by atoms with Gasteiger partial charge in [0.15, 0.2) is 0 Å². The molecule has 0 aromatic heterocycles. The largest absolute Gasteiger partial charge is 0.384 e. The van der Waals surface area contributed by atoms with Gasteiger partial charge in [-0.25, -0.2) is 0 Å². The van der Waals surface area contributed by atoms with Gasteiger partial charge < -0.3 is 19.7 Å². The Balaban J connectivity index is 1.31. The van der Waals surface area contributed by atoms with E-state index in [-0.39, 0.29) is 35.8 Å². The Bertz CT molecular complexity index is 729. The van der Waals surface area contributed by atoms with Gasteiger partial charge in [0, 0.05) is 56.2 Å². The van der Waals surface area contributed by atoms with Crippen molar-refractivity contribution >= 4 is 11.8 Å². The van der Waals surface area contributed by atoms with Crippen LogP contribution in [0.5, 0.6) is 0 Å². The molecule has 4 rings (SSSR count). The smallest absolute Gasteiger partial charge is 0.254 e. The highest BCUT2D eigenvalue weighted by molar-refractivity contribution is 5.95. The van der Waals surface area contributed by atoms with E-state index >= 15 is 0 Å². The van der Waals surface area contributed by atoms with Gasteiger partial charge in [0.05, 0.1) is 12.7 Å². The van der Waals surface area contributed by atoms with Crippen molar-refractivity contribution in [1.82, 2.24) is 10.2 Å². The molecule has 2 saturated heterocycles. The average molecular weight is 386 g/mol. The molecule has 1 aromatic rings. The summed E-state index contributed by atoms with van der Waals surface area (Å²) >= 11 is 0. The van der Waals surface area contributed by atoms with Crippen molar-refractivity contribution in [3.05, 3.63) is 35.4 Å². The highest BCUT2D eigenvalue weighted by Gasteiger charge is 2.54. The van der Waals surface area contributed by atoms with Crippen molar-refractivity contribution in [2.24, 2.45) is 17.8 Å². The van der Waals surface area contributed by atoms with Crippen molar-refractivity contribution in [3.8, 4) is 0 Å². The molecule has 28 heavy (non-hydrogen) atoms. The van der Waals surface area contributed by atoms with Gasteiger partial charge >= 0.3 is 0 Å². The minimum Gasteiger partial charge on any atom is -0.384 e. The van der Waals surface area contributed by atoms with Crippen LogP contribution in [-0.2, 0) is 14.3 Å². The third-order valence-corrected chi connectivity index (χ3v) is 6.72. The lowest BCUT2D eigenvalue weighted by Gasteiger charge is -2.48. The molecule has 6 nitrogen and oxygen atoms in total. The quantitative estimate of drug-likeness (QED) is 0.841. The van der Waals surface area contributed by atoms with Crippen LogP contribution < -0.4 is 5.32 Å². The third kappa shape index (κ3) is 3.55. The van der Waals surface area contributed by atoms with Crippen molar-refractivity contribution in [1.29, 1.82) is 0 Å². The number of fused-ring (bicyclic) bond motifs is 1. The predicted molar refractivity (Wildman–Crippen MR) is 105 cm³/mol. The molecule has 152 valence electrons. The molecule has 2 amide bonds. The molecule has 0 radical (unpaired) electrons. The second-order valence-corrected chi connectivity index (χ2v) is 8.32. The molecule has 0 spiro atoms. The Labute approximate surface area is 166 Å². The molecule has 4 atom stereocenters. The van der Waals surface area contributed by atoms with Gasteiger partial charge in [-0.05, 0) is 37.8 Å². The van der Waals surface area contributed by atoms with Crippen molar-refractivity contribution in [2.45, 2.75) is 38.3 Å². The van der Waals surface area contributed by atoms with Gasteiger partial charge in [-0.3, -0.25) is 9.59 Å². The van der Waals surface area contributed by atoms with E-state index in [2.05, 4.69) is 5.32 Å². The third-order valence-electron chi connectivity index (χ3n) is 6.72. The number of nitrogens with one attached hydrogen (secondary N) is 1. The molecular weight excluding hydrogens is 356 g/mol. The second-order valence-electron chi connectivity index (χ2n) is 8.32. The van der Waals surface area contributed by atoms with Gasteiger partial charge in [-0.2, -0.15) is 0 Å². The van der Waals surface area contributed by atoms with E-state index in [1.165, 1.54) is 0 Å². The summed E-state index contributed by atoms with van der Waals surface area (Å²) in [4.78, 5) is 27.5. The molecule has 0 unspecified atom stereocenters. The van der Waals surface area contributed by atoms with Crippen LogP contribution in [0.3, 0.4) is 0 Å². The van der Waals surface area contributed by atoms with Crippen molar-refractivity contribution in [2.75, 3.05) is 33.4 Å². The van der Waals surface area contributed by atoms with Gasteiger partial charge in [0.2, 0.25) is 5.91 Å². The SMILES string of the molecule is COC[C@H]1[C@@H](NC(=O)C2CCN(C(=O)c3ccccc3C)CC2)[C@@H]2CCO[C@@H]21. The Morgan fingerprint density at radius 1 is 1.21 bits per heavy atom. The monoisotopic (exact) mass is 386 g/mol. The van der Waals surface area contributed by atoms with Gasteiger partial charge in [0.25, 0.3) is 5.91 Å². The lowest BCUT2D eigenvalue weighted by molar-refractivity contribution is -0.134. The lowest BCUT2D eigenvalue weighted by atomic mass is 9.67. The first kappa shape index (κ1) is 19.4. The maximum atomic E-state index is 12.8. The number of hydrogen-bond donors (Lipinski definition) is 1. The zero-order chi connectivity index (χ0) is 19.7. The molecule has 2 heterocycles. The van der Waals surface area contributed by atoms with Crippen LogP contribution in [0.2, 0.25) is 0 Å². The highest BCUT2D eigenvalue weighted by Crippen LogP contribution is 2.44. The Hall–Kier alpha value is -1.92. The van der Waals surface area contributed by atoms with Gasteiger partial charge in [-0.1, -0.05) is 18.2 Å². The summed E-state index contributed by atoms with van der Waals surface area (Å²) in [5.74, 6) is 0.850. The fraction of sp³-hybridized carbons (Fsp3) is 0.636. The predicted octanol–water partition coefficient (Wildman–Crippen LogP) is 2.01. The summed E-state index contributed by atoms with van der Waals surface area (Å²) in [7, 11) is 1.70. The number of rotatable bonds is 5. The number of carbonyl (C=O) groups excluding carboxylic acids is 2. The second kappa shape index (κ2) is 8.21. The first-order chi connectivity index (χ1) is 13.6. The minimum atomic E-state index is -0.0227. The fourth-order valence-electron chi connectivity index (χ4n) is 5.04. The standard InChI is InChI=1S/C22H30N2O4/c1-14-5-3-4-6-16(14)22(26)24-10-7-15(8-11-24)21(25)23-19-17-9-12-28-20(17)18(19)13-27-2/h3-6,15,17-20H,7-13H2,1-2H3,(H,23,25)/t17-,18-,19-,20-/m0/s1. The molecule has 1 saturated carbocycles. The highest BCUT2D eigenvalue weighted by atomic mass is 16.5. The fourth-order valence-corrected chi connectivity index (χ4v) is 5.04. The first-order valence-corrected chi connectivity index (χ1v) is 10.4. The summed E-state index contributed by atoms with van der Waals surface area (Å²) in [6, 6.07) is 7.84. The Kier molecular flexibility index (Phi) is 5.69. The number of hydrogen-bond acceptors (Lipinski definition) is 4. The molecule has 6 heteroatoms. The zero-order valence-electron chi connectivity index (χ0n) is 16.7. The molecular formula is C22H30N2O4. The minimum absolute atomic E-state index is 0.0227. The maximum Gasteiger partial charge on any atom is 0.254 e. The van der Waals surface area contributed by atoms with Crippen LogP contribution in [0, 0.1) is 24.7 Å².